The summed E-state index contributed by atoms with van der Waals surface area (Å²) in [7, 11) is 0. The molecule has 4 nitrogen and oxygen atoms in total. The fraction of sp³-hybridized carbons (Fsp3) is 0.154. The fourth-order valence-corrected chi connectivity index (χ4v) is 4.28. The normalized spacial score (nSPS) is 18.6. The van der Waals surface area contributed by atoms with Crippen LogP contribution in [0.2, 0.25) is 10.0 Å². The molecular formula is C26H21Cl2N3O. The summed E-state index contributed by atoms with van der Waals surface area (Å²) in [5, 5.41) is 14.5. The summed E-state index contributed by atoms with van der Waals surface area (Å²) >= 11 is 12.1. The monoisotopic (exact) mass is 461 g/mol. The largest absolute Gasteiger partial charge is 0.305 e. The van der Waals surface area contributed by atoms with E-state index in [0.29, 0.717) is 22.2 Å². The second-order valence-electron chi connectivity index (χ2n) is 7.65. The van der Waals surface area contributed by atoms with E-state index in [2.05, 4.69) is 11.4 Å². The Labute approximate surface area is 197 Å². The van der Waals surface area contributed by atoms with Gasteiger partial charge >= 0.3 is 0 Å². The molecule has 0 aromatic heterocycles. The number of carbonyl (C=O) groups excluding carboxylic acids is 1. The number of fused-ring (bicyclic) bond motifs is 1. The van der Waals surface area contributed by atoms with E-state index in [4.69, 9.17) is 23.2 Å². The van der Waals surface area contributed by atoms with Gasteiger partial charge in [-0.25, -0.2) is 0 Å². The lowest BCUT2D eigenvalue weighted by molar-refractivity contribution is -0.122. The van der Waals surface area contributed by atoms with Crippen molar-refractivity contribution in [2.24, 2.45) is 0 Å². The standard InChI is InChI=1S/C26H21Cl2N3O/c1-18(20-9-3-2-4-10-20)30-26(17-29)21-11-5-6-12-24(21)31(25(26)32)15-7-8-19-13-14-22(27)23(28)16-19/h2-14,16,18,30H,15H2,1H3/b8-7+/t18-,26-/m1/s1. The third-order valence-corrected chi connectivity index (χ3v) is 6.35. The summed E-state index contributed by atoms with van der Waals surface area (Å²) in [5.74, 6) is -0.289. The molecule has 1 aliphatic heterocycles. The van der Waals surface area contributed by atoms with Gasteiger partial charge in [-0.05, 0) is 36.2 Å². The summed E-state index contributed by atoms with van der Waals surface area (Å²) in [5.41, 5.74) is 1.82. The Morgan fingerprint density at radius 1 is 1.06 bits per heavy atom. The predicted octanol–water partition coefficient (Wildman–Crippen LogP) is 6.12. The molecule has 0 saturated carbocycles. The van der Waals surface area contributed by atoms with Gasteiger partial charge in [0.1, 0.15) is 6.07 Å². The number of amides is 1. The van der Waals surface area contributed by atoms with Gasteiger partial charge in [0.2, 0.25) is 5.54 Å². The van der Waals surface area contributed by atoms with Crippen LogP contribution < -0.4 is 10.2 Å². The van der Waals surface area contributed by atoms with E-state index in [-0.39, 0.29) is 11.9 Å². The van der Waals surface area contributed by atoms with Crippen LogP contribution >= 0.6 is 23.2 Å². The van der Waals surface area contributed by atoms with Gasteiger partial charge in [0.15, 0.2) is 0 Å². The molecule has 1 heterocycles. The number of anilines is 1. The first kappa shape index (κ1) is 22.1. The zero-order valence-electron chi connectivity index (χ0n) is 17.4. The molecule has 0 radical (unpaired) electrons. The van der Waals surface area contributed by atoms with Gasteiger partial charge in [0.25, 0.3) is 5.91 Å². The zero-order valence-corrected chi connectivity index (χ0v) is 18.9. The van der Waals surface area contributed by atoms with Crippen molar-refractivity contribution in [3.05, 3.63) is 106 Å². The molecule has 1 aliphatic rings. The van der Waals surface area contributed by atoms with Crippen LogP contribution in [0, 0.1) is 11.3 Å². The number of hydrogen-bond acceptors (Lipinski definition) is 3. The molecule has 0 fully saturated rings. The second kappa shape index (κ2) is 9.18. The van der Waals surface area contributed by atoms with Gasteiger partial charge in [-0.2, -0.15) is 5.26 Å². The molecule has 0 saturated heterocycles. The van der Waals surface area contributed by atoms with Gasteiger partial charge in [0, 0.05) is 18.2 Å². The molecule has 160 valence electrons. The minimum Gasteiger partial charge on any atom is -0.305 e. The highest BCUT2D eigenvalue weighted by Gasteiger charge is 2.52. The van der Waals surface area contributed by atoms with Crippen molar-refractivity contribution < 1.29 is 4.79 Å². The molecule has 1 amide bonds. The number of nitrogens with zero attached hydrogens (tertiary/aromatic N) is 2. The summed E-state index contributed by atoms with van der Waals surface area (Å²) in [6, 6.07) is 24.6. The molecule has 3 aromatic rings. The first-order chi connectivity index (χ1) is 15.5. The molecule has 0 aliphatic carbocycles. The lowest BCUT2D eigenvalue weighted by atomic mass is 9.91. The quantitative estimate of drug-likeness (QED) is 0.480. The molecule has 6 heteroatoms. The fourth-order valence-electron chi connectivity index (χ4n) is 3.97. The lowest BCUT2D eigenvalue weighted by Gasteiger charge is -2.27. The smallest absolute Gasteiger partial charge is 0.267 e. The van der Waals surface area contributed by atoms with Crippen LogP contribution in [0.15, 0.2) is 78.9 Å². The van der Waals surface area contributed by atoms with Gasteiger partial charge in [-0.15, -0.1) is 0 Å². The Kier molecular flexibility index (Phi) is 6.34. The van der Waals surface area contributed by atoms with E-state index in [9.17, 15) is 10.1 Å². The second-order valence-corrected chi connectivity index (χ2v) is 8.46. The summed E-state index contributed by atoms with van der Waals surface area (Å²) in [4.78, 5) is 15.2. The molecule has 0 bridgehead atoms. The van der Waals surface area contributed by atoms with E-state index >= 15 is 0 Å². The average molecular weight is 462 g/mol. The third kappa shape index (κ3) is 4.03. The van der Waals surface area contributed by atoms with Crippen LogP contribution in [-0.4, -0.2) is 12.5 Å². The molecule has 0 unspecified atom stereocenters. The van der Waals surface area contributed by atoms with Gasteiger partial charge in [-0.1, -0.05) is 90.0 Å². The Hall–Kier alpha value is -3.10. The molecule has 0 spiro atoms. The maximum Gasteiger partial charge on any atom is 0.267 e. The number of hydrogen-bond donors (Lipinski definition) is 1. The maximum atomic E-state index is 13.6. The molecular weight excluding hydrogens is 441 g/mol. The summed E-state index contributed by atoms with van der Waals surface area (Å²) in [6.45, 7) is 2.28. The van der Waals surface area contributed by atoms with Crippen molar-refractivity contribution in [3.63, 3.8) is 0 Å². The van der Waals surface area contributed by atoms with Gasteiger partial charge in [-0.3, -0.25) is 10.1 Å². The number of carbonyl (C=O) groups is 1. The minimum absolute atomic E-state index is 0.195. The number of nitrogens with one attached hydrogen (secondary N) is 1. The summed E-state index contributed by atoms with van der Waals surface area (Å²) in [6.07, 6.45) is 3.76. The van der Waals surface area contributed by atoms with E-state index in [1.807, 2.05) is 79.7 Å². The topological polar surface area (TPSA) is 56.1 Å². The van der Waals surface area contributed by atoms with Crippen LogP contribution in [0.4, 0.5) is 5.69 Å². The van der Waals surface area contributed by atoms with E-state index in [1.54, 1.807) is 17.0 Å². The van der Waals surface area contributed by atoms with Gasteiger partial charge in [0.05, 0.1) is 15.7 Å². The highest BCUT2D eigenvalue weighted by molar-refractivity contribution is 6.42. The zero-order chi connectivity index (χ0) is 22.7. The maximum absolute atomic E-state index is 13.6. The number of rotatable bonds is 6. The highest BCUT2D eigenvalue weighted by Crippen LogP contribution is 2.41. The molecule has 32 heavy (non-hydrogen) atoms. The molecule has 4 rings (SSSR count). The molecule has 3 aromatic carbocycles. The minimum atomic E-state index is -1.46. The van der Waals surface area contributed by atoms with E-state index in [0.717, 1.165) is 16.8 Å². The van der Waals surface area contributed by atoms with E-state index in [1.165, 1.54) is 0 Å². The van der Waals surface area contributed by atoms with E-state index < -0.39 is 5.54 Å². The first-order valence-corrected chi connectivity index (χ1v) is 11.0. The van der Waals surface area contributed by atoms with Crippen LogP contribution in [-0.2, 0) is 10.3 Å². The van der Waals surface area contributed by atoms with Crippen LogP contribution in [0.5, 0.6) is 0 Å². The number of para-hydroxylation sites is 1. The highest BCUT2D eigenvalue weighted by atomic mass is 35.5. The number of nitriles is 1. The van der Waals surface area contributed by atoms with Gasteiger partial charge < -0.3 is 4.90 Å². The van der Waals surface area contributed by atoms with Crippen molar-refractivity contribution in [1.82, 2.24) is 5.32 Å². The third-order valence-electron chi connectivity index (χ3n) is 5.61. The summed E-state index contributed by atoms with van der Waals surface area (Å²) < 4.78 is 0. The average Bonchev–Trinajstić information content (AvgIpc) is 3.05. The first-order valence-electron chi connectivity index (χ1n) is 10.2. The predicted molar refractivity (Wildman–Crippen MR) is 130 cm³/mol. The van der Waals surface area contributed by atoms with Crippen molar-refractivity contribution in [2.75, 3.05) is 11.4 Å². The molecule has 2 atom stereocenters. The number of benzene rings is 3. The Bertz CT molecular complexity index is 1220. The lowest BCUT2D eigenvalue weighted by Crippen LogP contribution is -2.50. The Morgan fingerprint density at radius 2 is 1.78 bits per heavy atom. The SMILES string of the molecule is C[C@@H](N[C@@]1(C#N)C(=O)N(C/C=C/c2ccc(Cl)c(Cl)c2)c2ccccc21)c1ccccc1. The van der Waals surface area contributed by atoms with Crippen LogP contribution in [0.3, 0.4) is 0 Å². The van der Waals surface area contributed by atoms with Crippen molar-refractivity contribution in [1.29, 1.82) is 5.26 Å². The van der Waals surface area contributed by atoms with Crippen LogP contribution in [0.25, 0.3) is 6.08 Å². The Balaban J connectivity index is 1.63. The van der Waals surface area contributed by atoms with Crippen LogP contribution in [0.1, 0.15) is 29.7 Å². The molecule has 1 N–H and O–H groups in total. The number of halogens is 2. The van der Waals surface area contributed by atoms with Crippen molar-refractivity contribution in [2.45, 2.75) is 18.5 Å². The Morgan fingerprint density at radius 3 is 2.50 bits per heavy atom. The van der Waals surface area contributed by atoms with Crippen molar-refractivity contribution in [3.8, 4) is 6.07 Å². The van der Waals surface area contributed by atoms with Crippen molar-refractivity contribution >= 4 is 40.9 Å².